The van der Waals surface area contributed by atoms with Crippen LogP contribution in [0.2, 0.25) is 5.02 Å². The zero-order valence-corrected chi connectivity index (χ0v) is 12.2. The van der Waals surface area contributed by atoms with Gasteiger partial charge < -0.3 is 5.11 Å². The highest BCUT2D eigenvalue weighted by Gasteiger charge is 2.17. The van der Waals surface area contributed by atoms with Gasteiger partial charge in [0.25, 0.3) is 0 Å². The molecule has 0 aliphatic rings. The van der Waals surface area contributed by atoms with Crippen molar-refractivity contribution in [3.63, 3.8) is 0 Å². The Morgan fingerprint density at radius 1 is 1.36 bits per heavy atom. The lowest BCUT2D eigenvalue weighted by atomic mass is 10.1. The molecule has 2 aromatic rings. The van der Waals surface area contributed by atoms with Crippen LogP contribution >= 0.6 is 11.6 Å². The number of benzene rings is 2. The Hall–Kier alpha value is -2.73. The number of nitrogens with zero attached hydrogens (tertiary/aromatic N) is 2. The summed E-state index contributed by atoms with van der Waals surface area (Å²) in [4.78, 5) is 25.5. The SMILES string of the molecule is CC(=O)c1cccc(N=Cc2cc(Cl)cc([N+](=O)[O-])c2O)c1. The Bertz CT molecular complexity index is 787. The molecule has 2 rings (SSSR count). The van der Waals surface area contributed by atoms with E-state index in [1.54, 1.807) is 24.3 Å². The number of ketones is 1. The molecule has 0 aliphatic carbocycles. The third-order valence-electron chi connectivity index (χ3n) is 2.89. The number of nitro benzene ring substituents is 1. The Balaban J connectivity index is 2.40. The molecule has 0 bridgehead atoms. The van der Waals surface area contributed by atoms with E-state index in [1.807, 2.05) is 0 Å². The van der Waals surface area contributed by atoms with Gasteiger partial charge in [0.1, 0.15) is 0 Å². The molecule has 1 N–H and O–H groups in total. The number of nitro groups is 1. The lowest BCUT2D eigenvalue weighted by molar-refractivity contribution is -0.385. The van der Waals surface area contributed by atoms with Gasteiger partial charge in [-0.2, -0.15) is 0 Å². The molecule has 0 radical (unpaired) electrons. The van der Waals surface area contributed by atoms with Crippen molar-refractivity contribution >= 4 is 35.0 Å². The van der Waals surface area contributed by atoms with Gasteiger partial charge >= 0.3 is 5.69 Å². The van der Waals surface area contributed by atoms with Crippen LogP contribution in [0.5, 0.6) is 5.75 Å². The van der Waals surface area contributed by atoms with E-state index in [1.165, 1.54) is 19.2 Å². The van der Waals surface area contributed by atoms with E-state index in [0.717, 1.165) is 6.07 Å². The van der Waals surface area contributed by atoms with Crippen LogP contribution < -0.4 is 0 Å². The number of carbonyl (C=O) groups is 1. The van der Waals surface area contributed by atoms with Crippen molar-refractivity contribution in [1.29, 1.82) is 0 Å². The van der Waals surface area contributed by atoms with Crippen LogP contribution in [0.1, 0.15) is 22.8 Å². The zero-order chi connectivity index (χ0) is 16.3. The molecule has 0 aromatic heterocycles. The summed E-state index contributed by atoms with van der Waals surface area (Å²) >= 11 is 5.79. The van der Waals surface area contributed by atoms with Crippen molar-refractivity contribution in [1.82, 2.24) is 0 Å². The Morgan fingerprint density at radius 2 is 2.09 bits per heavy atom. The zero-order valence-electron chi connectivity index (χ0n) is 11.5. The third kappa shape index (κ3) is 3.48. The van der Waals surface area contributed by atoms with Crippen molar-refractivity contribution in [2.24, 2.45) is 4.99 Å². The highest BCUT2D eigenvalue weighted by molar-refractivity contribution is 6.31. The fraction of sp³-hybridized carbons (Fsp3) is 0.0667. The number of aromatic hydroxyl groups is 1. The van der Waals surface area contributed by atoms with Gasteiger partial charge in [-0.25, -0.2) is 0 Å². The molecule has 2 aromatic carbocycles. The fourth-order valence-electron chi connectivity index (χ4n) is 1.79. The average molecular weight is 319 g/mol. The molecular formula is C15H11ClN2O4. The van der Waals surface area contributed by atoms with Crippen LogP contribution in [-0.4, -0.2) is 22.0 Å². The van der Waals surface area contributed by atoms with Crippen LogP contribution in [0.3, 0.4) is 0 Å². The van der Waals surface area contributed by atoms with Crippen LogP contribution in [0.4, 0.5) is 11.4 Å². The molecule has 112 valence electrons. The van der Waals surface area contributed by atoms with E-state index in [9.17, 15) is 20.0 Å². The summed E-state index contributed by atoms with van der Waals surface area (Å²) < 4.78 is 0. The summed E-state index contributed by atoms with van der Waals surface area (Å²) in [6.07, 6.45) is 1.26. The molecule has 7 heteroatoms. The average Bonchev–Trinajstić information content (AvgIpc) is 2.47. The molecule has 0 fully saturated rings. The summed E-state index contributed by atoms with van der Waals surface area (Å²) in [5.74, 6) is -0.612. The number of rotatable bonds is 4. The first kappa shape index (κ1) is 15.7. The first-order chi connectivity index (χ1) is 10.4. The normalized spacial score (nSPS) is 10.8. The van der Waals surface area contributed by atoms with Crippen LogP contribution in [0.15, 0.2) is 41.4 Å². The largest absolute Gasteiger partial charge is 0.502 e. The molecule has 0 spiro atoms. The number of aliphatic imine (C=N–C) groups is 1. The second-order valence-electron chi connectivity index (χ2n) is 4.48. The number of Topliss-reactive ketones (excluding diaryl/α,β-unsaturated/α-hetero) is 1. The standard InChI is InChI=1S/C15H11ClN2O4/c1-9(19)10-3-2-4-13(6-10)17-8-11-5-12(16)7-14(15(11)20)18(21)22/h2-8,20H,1H3. The smallest absolute Gasteiger partial charge is 0.312 e. The minimum atomic E-state index is -0.727. The Morgan fingerprint density at radius 3 is 2.73 bits per heavy atom. The van der Waals surface area contributed by atoms with Gasteiger partial charge in [-0.15, -0.1) is 0 Å². The van der Waals surface area contributed by atoms with Gasteiger partial charge in [0.15, 0.2) is 5.78 Å². The minimum Gasteiger partial charge on any atom is -0.502 e. The summed E-state index contributed by atoms with van der Waals surface area (Å²) in [7, 11) is 0. The van der Waals surface area contributed by atoms with E-state index in [-0.39, 0.29) is 16.4 Å². The van der Waals surface area contributed by atoms with Gasteiger partial charge in [-0.05, 0) is 25.1 Å². The molecule has 0 saturated carbocycles. The van der Waals surface area contributed by atoms with E-state index in [2.05, 4.69) is 4.99 Å². The van der Waals surface area contributed by atoms with E-state index in [0.29, 0.717) is 11.3 Å². The summed E-state index contributed by atoms with van der Waals surface area (Å²) in [6.45, 7) is 1.44. The van der Waals surface area contributed by atoms with E-state index >= 15 is 0 Å². The quantitative estimate of drug-likeness (QED) is 0.400. The van der Waals surface area contributed by atoms with Crippen molar-refractivity contribution in [2.75, 3.05) is 0 Å². The van der Waals surface area contributed by atoms with Crippen molar-refractivity contribution in [3.8, 4) is 5.75 Å². The highest BCUT2D eigenvalue weighted by Crippen LogP contribution is 2.32. The Labute approximate surface area is 130 Å². The molecule has 0 atom stereocenters. The number of hydrogen-bond acceptors (Lipinski definition) is 5. The molecule has 0 aliphatic heterocycles. The summed E-state index contributed by atoms with van der Waals surface area (Å²) in [5, 5.41) is 20.8. The second kappa shape index (κ2) is 6.36. The summed E-state index contributed by atoms with van der Waals surface area (Å²) in [5.41, 5.74) is 0.601. The monoisotopic (exact) mass is 318 g/mol. The van der Waals surface area contributed by atoms with Gasteiger partial charge in [0.05, 0.1) is 10.6 Å². The number of phenolic OH excluding ortho intramolecular Hbond substituents is 1. The predicted octanol–water partition coefficient (Wildman–Crippen LogP) is 3.91. The number of hydrogen-bond donors (Lipinski definition) is 1. The van der Waals surface area contributed by atoms with E-state index in [4.69, 9.17) is 11.6 Å². The number of carbonyl (C=O) groups excluding carboxylic acids is 1. The molecule has 22 heavy (non-hydrogen) atoms. The van der Waals surface area contributed by atoms with Crippen molar-refractivity contribution in [2.45, 2.75) is 6.92 Å². The topological polar surface area (TPSA) is 92.8 Å². The fourth-order valence-corrected chi connectivity index (χ4v) is 2.01. The Kier molecular flexibility index (Phi) is 4.53. The molecule has 0 unspecified atom stereocenters. The number of phenols is 1. The lowest BCUT2D eigenvalue weighted by Crippen LogP contribution is -1.93. The highest BCUT2D eigenvalue weighted by atomic mass is 35.5. The molecule has 0 heterocycles. The van der Waals surface area contributed by atoms with Gasteiger partial charge in [0, 0.05) is 28.4 Å². The first-order valence-electron chi connectivity index (χ1n) is 6.20. The molecule has 0 amide bonds. The van der Waals surface area contributed by atoms with E-state index < -0.39 is 16.4 Å². The number of halogens is 1. The molecular weight excluding hydrogens is 308 g/mol. The van der Waals surface area contributed by atoms with Crippen LogP contribution in [-0.2, 0) is 0 Å². The maximum Gasteiger partial charge on any atom is 0.312 e. The van der Waals surface area contributed by atoms with Crippen LogP contribution in [0.25, 0.3) is 0 Å². The minimum absolute atomic E-state index is 0.0988. The van der Waals surface area contributed by atoms with Crippen molar-refractivity contribution < 1.29 is 14.8 Å². The molecule has 6 nitrogen and oxygen atoms in total. The van der Waals surface area contributed by atoms with Gasteiger partial charge in [0.2, 0.25) is 5.75 Å². The lowest BCUT2D eigenvalue weighted by Gasteiger charge is -2.02. The maximum absolute atomic E-state index is 11.3. The summed E-state index contributed by atoms with van der Waals surface area (Å²) in [6, 6.07) is 8.99. The third-order valence-corrected chi connectivity index (χ3v) is 3.10. The predicted molar refractivity (Wildman–Crippen MR) is 83.5 cm³/mol. The van der Waals surface area contributed by atoms with Crippen molar-refractivity contribution in [3.05, 3.63) is 62.7 Å². The maximum atomic E-state index is 11.3. The van der Waals surface area contributed by atoms with Gasteiger partial charge in [-0.1, -0.05) is 23.7 Å². The first-order valence-corrected chi connectivity index (χ1v) is 6.58. The van der Waals surface area contributed by atoms with Gasteiger partial charge in [-0.3, -0.25) is 19.9 Å². The van der Waals surface area contributed by atoms with Crippen LogP contribution in [0, 0.1) is 10.1 Å². The second-order valence-corrected chi connectivity index (χ2v) is 4.92. The molecule has 0 saturated heterocycles.